The standard InChI is InChI=1S/C11H16N4O3S/c16-10(17)7-14-1-3-15(4-2-14)11(18)13-6-9-5-12-8-19-9/h5,8H,1-4,6-7H2,(H,13,18)(H,16,17). The fraction of sp³-hybridized carbons (Fsp3) is 0.545. The summed E-state index contributed by atoms with van der Waals surface area (Å²) in [5.74, 6) is -0.830. The number of nitrogens with one attached hydrogen (secondary N) is 1. The van der Waals surface area contributed by atoms with Crippen LogP contribution in [0.3, 0.4) is 0 Å². The van der Waals surface area contributed by atoms with Gasteiger partial charge in [0.2, 0.25) is 0 Å². The van der Waals surface area contributed by atoms with Gasteiger partial charge in [-0.15, -0.1) is 11.3 Å². The number of carboxylic acid groups (broad SMARTS) is 1. The average molecular weight is 284 g/mol. The van der Waals surface area contributed by atoms with Crippen LogP contribution in [0.25, 0.3) is 0 Å². The number of hydrogen-bond donors (Lipinski definition) is 2. The van der Waals surface area contributed by atoms with Crippen LogP contribution in [0.1, 0.15) is 4.88 Å². The van der Waals surface area contributed by atoms with Gasteiger partial charge in [-0.2, -0.15) is 0 Å². The lowest BCUT2D eigenvalue weighted by molar-refractivity contribution is -0.138. The molecular weight excluding hydrogens is 268 g/mol. The van der Waals surface area contributed by atoms with Crippen LogP contribution >= 0.6 is 11.3 Å². The first-order valence-electron chi connectivity index (χ1n) is 5.99. The van der Waals surface area contributed by atoms with Crippen molar-refractivity contribution >= 4 is 23.3 Å². The Morgan fingerprint density at radius 1 is 1.37 bits per heavy atom. The highest BCUT2D eigenvalue weighted by atomic mass is 32.1. The van der Waals surface area contributed by atoms with E-state index in [2.05, 4.69) is 10.3 Å². The number of carbonyl (C=O) groups excluding carboxylic acids is 1. The summed E-state index contributed by atoms with van der Waals surface area (Å²) < 4.78 is 0. The van der Waals surface area contributed by atoms with Crippen molar-refractivity contribution in [1.29, 1.82) is 0 Å². The van der Waals surface area contributed by atoms with E-state index in [0.29, 0.717) is 32.7 Å². The van der Waals surface area contributed by atoms with Crippen molar-refractivity contribution in [3.63, 3.8) is 0 Å². The van der Waals surface area contributed by atoms with Crippen molar-refractivity contribution in [2.75, 3.05) is 32.7 Å². The number of thiazole rings is 1. The second-order valence-electron chi connectivity index (χ2n) is 4.28. The van der Waals surface area contributed by atoms with Crippen LogP contribution in [0.2, 0.25) is 0 Å². The molecule has 0 aromatic carbocycles. The number of hydrogen-bond acceptors (Lipinski definition) is 5. The molecule has 1 fully saturated rings. The van der Waals surface area contributed by atoms with Crippen molar-refractivity contribution in [1.82, 2.24) is 20.1 Å². The molecule has 1 aromatic heterocycles. The number of aliphatic carboxylic acids is 1. The Morgan fingerprint density at radius 3 is 2.68 bits per heavy atom. The summed E-state index contributed by atoms with van der Waals surface area (Å²) in [5.41, 5.74) is 1.73. The molecule has 0 spiro atoms. The molecule has 1 saturated heterocycles. The van der Waals surface area contributed by atoms with Gasteiger partial charge in [0.05, 0.1) is 18.6 Å². The topological polar surface area (TPSA) is 85.8 Å². The molecule has 104 valence electrons. The minimum Gasteiger partial charge on any atom is -0.480 e. The Kier molecular flexibility index (Phi) is 4.69. The molecule has 0 radical (unpaired) electrons. The van der Waals surface area contributed by atoms with Crippen LogP contribution in [0.15, 0.2) is 11.7 Å². The van der Waals surface area contributed by atoms with E-state index in [0.717, 1.165) is 4.88 Å². The van der Waals surface area contributed by atoms with E-state index in [1.807, 2.05) is 4.90 Å². The summed E-state index contributed by atoms with van der Waals surface area (Å²) in [5, 5.41) is 11.5. The second kappa shape index (κ2) is 6.48. The van der Waals surface area contributed by atoms with Crippen molar-refractivity contribution in [2.45, 2.75) is 6.54 Å². The molecule has 1 aliphatic heterocycles. The second-order valence-corrected chi connectivity index (χ2v) is 5.25. The maximum Gasteiger partial charge on any atom is 0.317 e. The van der Waals surface area contributed by atoms with E-state index in [1.165, 1.54) is 11.3 Å². The Bertz CT molecular complexity index is 429. The van der Waals surface area contributed by atoms with Gasteiger partial charge >= 0.3 is 12.0 Å². The van der Waals surface area contributed by atoms with Gasteiger partial charge in [0.1, 0.15) is 0 Å². The zero-order valence-corrected chi connectivity index (χ0v) is 11.2. The zero-order valence-electron chi connectivity index (χ0n) is 10.4. The largest absolute Gasteiger partial charge is 0.480 e. The highest BCUT2D eigenvalue weighted by Gasteiger charge is 2.21. The zero-order chi connectivity index (χ0) is 13.7. The fourth-order valence-electron chi connectivity index (χ4n) is 1.90. The van der Waals surface area contributed by atoms with Gasteiger partial charge in [0.15, 0.2) is 0 Å². The molecule has 1 aromatic rings. The first kappa shape index (κ1) is 13.8. The maximum atomic E-state index is 11.9. The number of urea groups is 1. The minimum atomic E-state index is -0.830. The molecule has 2 heterocycles. The molecule has 0 bridgehead atoms. The van der Waals surface area contributed by atoms with E-state index in [9.17, 15) is 9.59 Å². The van der Waals surface area contributed by atoms with Crippen LogP contribution in [0, 0.1) is 0 Å². The van der Waals surface area contributed by atoms with Crippen LogP contribution in [-0.4, -0.2) is 64.6 Å². The van der Waals surface area contributed by atoms with Crippen LogP contribution in [0.4, 0.5) is 4.79 Å². The smallest absolute Gasteiger partial charge is 0.317 e. The highest BCUT2D eigenvalue weighted by molar-refractivity contribution is 7.09. The van der Waals surface area contributed by atoms with Gasteiger partial charge < -0.3 is 15.3 Å². The Hall–Kier alpha value is -1.67. The molecule has 8 heteroatoms. The third-order valence-electron chi connectivity index (χ3n) is 2.92. The van der Waals surface area contributed by atoms with Gasteiger partial charge in [0, 0.05) is 37.3 Å². The third-order valence-corrected chi connectivity index (χ3v) is 3.70. The fourth-order valence-corrected chi connectivity index (χ4v) is 2.44. The third kappa shape index (κ3) is 4.18. The van der Waals surface area contributed by atoms with Crippen molar-refractivity contribution in [3.05, 3.63) is 16.6 Å². The Morgan fingerprint density at radius 2 is 2.11 bits per heavy atom. The van der Waals surface area contributed by atoms with Gasteiger partial charge in [-0.25, -0.2) is 4.79 Å². The quantitative estimate of drug-likeness (QED) is 0.816. The molecule has 0 saturated carbocycles. The number of rotatable bonds is 4. The summed E-state index contributed by atoms with van der Waals surface area (Å²) in [6.07, 6.45) is 1.73. The lowest BCUT2D eigenvalue weighted by Crippen LogP contribution is -2.52. The van der Waals surface area contributed by atoms with Gasteiger partial charge in [-0.1, -0.05) is 0 Å². The molecule has 2 N–H and O–H groups in total. The molecule has 7 nitrogen and oxygen atoms in total. The summed E-state index contributed by atoms with van der Waals surface area (Å²) in [7, 11) is 0. The van der Waals surface area contributed by atoms with E-state index in [-0.39, 0.29) is 12.6 Å². The van der Waals surface area contributed by atoms with Gasteiger partial charge in [0.25, 0.3) is 0 Å². The predicted molar refractivity (Wildman–Crippen MR) is 70.0 cm³/mol. The number of carboxylic acids is 1. The van der Waals surface area contributed by atoms with Crippen LogP contribution < -0.4 is 5.32 Å². The molecule has 2 rings (SSSR count). The van der Waals surface area contributed by atoms with Gasteiger partial charge in [-0.05, 0) is 0 Å². The highest BCUT2D eigenvalue weighted by Crippen LogP contribution is 2.06. The lowest BCUT2D eigenvalue weighted by atomic mass is 10.3. The monoisotopic (exact) mass is 284 g/mol. The van der Waals surface area contributed by atoms with Crippen LogP contribution in [0.5, 0.6) is 0 Å². The van der Waals surface area contributed by atoms with Crippen LogP contribution in [-0.2, 0) is 11.3 Å². The molecule has 0 atom stereocenters. The molecule has 0 aliphatic carbocycles. The van der Waals surface area contributed by atoms with Gasteiger partial charge in [-0.3, -0.25) is 14.7 Å². The number of nitrogens with zero attached hydrogens (tertiary/aromatic N) is 3. The number of piperazine rings is 1. The number of amides is 2. The summed E-state index contributed by atoms with van der Waals surface area (Å²) >= 11 is 1.50. The predicted octanol–water partition coefficient (Wildman–Crippen LogP) is 0.0549. The van der Waals surface area contributed by atoms with E-state index < -0.39 is 5.97 Å². The van der Waals surface area contributed by atoms with Crippen molar-refractivity contribution < 1.29 is 14.7 Å². The van der Waals surface area contributed by atoms with Crippen molar-refractivity contribution in [2.24, 2.45) is 0 Å². The first-order valence-corrected chi connectivity index (χ1v) is 6.87. The molecule has 19 heavy (non-hydrogen) atoms. The number of aromatic nitrogens is 1. The normalized spacial score (nSPS) is 16.3. The summed E-state index contributed by atoms with van der Waals surface area (Å²) in [6, 6.07) is -0.108. The van der Waals surface area contributed by atoms with Crippen molar-refractivity contribution in [3.8, 4) is 0 Å². The molecular formula is C11H16N4O3S. The molecule has 0 unspecified atom stereocenters. The van der Waals surface area contributed by atoms with E-state index in [1.54, 1.807) is 16.6 Å². The first-order chi connectivity index (χ1) is 9.15. The summed E-state index contributed by atoms with van der Waals surface area (Å²) in [4.78, 5) is 31.0. The lowest BCUT2D eigenvalue weighted by Gasteiger charge is -2.33. The Labute approximate surface area is 114 Å². The molecule has 1 aliphatic rings. The molecule has 2 amide bonds. The van der Waals surface area contributed by atoms with E-state index in [4.69, 9.17) is 5.11 Å². The Balaban J connectivity index is 1.71. The summed E-state index contributed by atoms with van der Waals surface area (Å²) in [6.45, 7) is 2.83. The SMILES string of the molecule is O=C(O)CN1CCN(C(=O)NCc2cncs2)CC1. The minimum absolute atomic E-state index is 0.0380. The number of carbonyl (C=O) groups is 2. The average Bonchev–Trinajstić information content (AvgIpc) is 2.89. The maximum absolute atomic E-state index is 11.9. The van der Waals surface area contributed by atoms with E-state index >= 15 is 0 Å².